The highest BCUT2D eigenvalue weighted by Gasteiger charge is 2.22. The summed E-state index contributed by atoms with van der Waals surface area (Å²) in [6.07, 6.45) is 0.186. The highest BCUT2D eigenvalue weighted by Crippen LogP contribution is 2.27. The Kier molecular flexibility index (Phi) is 7.21. The van der Waals surface area contributed by atoms with Gasteiger partial charge in [0.25, 0.3) is 0 Å². The second-order valence-electron chi connectivity index (χ2n) is 9.22. The fourth-order valence-corrected chi connectivity index (χ4v) is 3.42. The molecule has 33 heavy (non-hydrogen) atoms. The van der Waals surface area contributed by atoms with E-state index >= 15 is 0 Å². The van der Waals surface area contributed by atoms with E-state index in [4.69, 9.17) is 9.84 Å². The van der Waals surface area contributed by atoms with E-state index < -0.39 is 0 Å². The fourth-order valence-electron chi connectivity index (χ4n) is 3.42. The van der Waals surface area contributed by atoms with E-state index in [-0.39, 0.29) is 30.2 Å². The Morgan fingerprint density at radius 3 is 2.30 bits per heavy atom. The summed E-state index contributed by atoms with van der Waals surface area (Å²) >= 11 is 0. The van der Waals surface area contributed by atoms with Crippen molar-refractivity contribution in [1.82, 2.24) is 15.1 Å². The molecule has 1 aromatic heterocycles. The van der Waals surface area contributed by atoms with Crippen LogP contribution in [0.25, 0.3) is 5.69 Å². The number of amides is 2. The minimum atomic E-state index is -0.315. The third-order valence-corrected chi connectivity index (χ3v) is 5.30. The fraction of sp³-hybridized carbons (Fsp3) is 0.346. The lowest BCUT2D eigenvalue weighted by molar-refractivity contribution is -0.123. The van der Waals surface area contributed by atoms with Gasteiger partial charge in [0.05, 0.1) is 31.5 Å². The molecule has 0 aliphatic carbocycles. The number of hydrogen-bond donors (Lipinski definition) is 2. The first kappa shape index (κ1) is 24.0. The standard InChI is InChI=1S/C26H32N4O3/c1-17-7-12-21(18(2)13-17)30-23(15-22(29-30)26(3,4)5)28-25(32)16-27-24(31)14-19-8-10-20(33-6)11-9-19/h7-13,15H,14,16H2,1-6H3,(H,27,31)(H,28,32). The zero-order chi connectivity index (χ0) is 24.2. The van der Waals surface area contributed by atoms with Crippen LogP contribution < -0.4 is 15.4 Å². The molecule has 0 spiro atoms. The summed E-state index contributed by atoms with van der Waals surface area (Å²) in [4.78, 5) is 24.9. The van der Waals surface area contributed by atoms with E-state index in [0.29, 0.717) is 5.82 Å². The number of methoxy groups -OCH3 is 1. The Bertz CT molecular complexity index is 1140. The molecule has 0 bridgehead atoms. The monoisotopic (exact) mass is 448 g/mol. The number of carbonyl (C=O) groups excluding carboxylic acids is 2. The third-order valence-electron chi connectivity index (χ3n) is 5.30. The second kappa shape index (κ2) is 9.90. The van der Waals surface area contributed by atoms with Gasteiger partial charge in [0.15, 0.2) is 0 Å². The number of benzene rings is 2. The molecule has 2 aromatic carbocycles. The SMILES string of the molecule is COc1ccc(CC(=O)NCC(=O)Nc2cc(C(C)(C)C)nn2-c2ccc(C)cc2C)cc1. The number of nitrogens with one attached hydrogen (secondary N) is 2. The quantitative estimate of drug-likeness (QED) is 0.570. The smallest absolute Gasteiger partial charge is 0.244 e. The molecule has 0 aliphatic heterocycles. The summed E-state index contributed by atoms with van der Waals surface area (Å²) in [7, 11) is 1.59. The van der Waals surface area contributed by atoms with Crippen LogP contribution in [0.4, 0.5) is 5.82 Å². The molecular weight excluding hydrogens is 416 g/mol. The van der Waals surface area contributed by atoms with Crippen LogP contribution >= 0.6 is 0 Å². The highest BCUT2D eigenvalue weighted by molar-refractivity contribution is 5.94. The van der Waals surface area contributed by atoms with Crippen molar-refractivity contribution in [3.05, 3.63) is 70.9 Å². The van der Waals surface area contributed by atoms with E-state index in [0.717, 1.165) is 33.8 Å². The molecule has 7 heteroatoms. The van der Waals surface area contributed by atoms with Gasteiger partial charge in [-0.2, -0.15) is 5.10 Å². The van der Waals surface area contributed by atoms with Crippen molar-refractivity contribution in [2.45, 2.75) is 46.5 Å². The Morgan fingerprint density at radius 2 is 1.70 bits per heavy atom. The van der Waals surface area contributed by atoms with Crippen LogP contribution in [0.3, 0.4) is 0 Å². The first-order chi connectivity index (χ1) is 15.6. The molecule has 0 atom stereocenters. The maximum atomic E-state index is 12.7. The van der Waals surface area contributed by atoms with Crippen LogP contribution in [-0.4, -0.2) is 35.2 Å². The zero-order valence-electron chi connectivity index (χ0n) is 20.2. The summed E-state index contributed by atoms with van der Waals surface area (Å²) in [6, 6.07) is 15.2. The van der Waals surface area contributed by atoms with Gasteiger partial charge < -0.3 is 15.4 Å². The number of rotatable bonds is 7. The number of nitrogens with zero attached hydrogens (tertiary/aromatic N) is 2. The van der Waals surface area contributed by atoms with Crippen LogP contribution in [-0.2, 0) is 21.4 Å². The molecule has 2 N–H and O–H groups in total. The number of carbonyl (C=O) groups is 2. The third kappa shape index (κ3) is 6.22. The van der Waals surface area contributed by atoms with Crippen LogP contribution in [0.5, 0.6) is 5.75 Å². The Hall–Kier alpha value is -3.61. The molecule has 0 fully saturated rings. The molecule has 0 saturated heterocycles. The summed E-state index contributed by atoms with van der Waals surface area (Å²) < 4.78 is 6.88. The van der Waals surface area contributed by atoms with Gasteiger partial charge in [-0.15, -0.1) is 0 Å². The van der Waals surface area contributed by atoms with E-state index in [1.165, 1.54) is 0 Å². The van der Waals surface area contributed by atoms with Gasteiger partial charge in [-0.25, -0.2) is 4.68 Å². The Balaban J connectivity index is 1.70. The number of ether oxygens (including phenoxy) is 1. The lowest BCUT2D eigenvalue weighted by atomic mass is 9.92. The van der Waals surface area contributed by atoms with E-state index in [1.54, 1.807) is 23.9 Å². The van der Waals surface area contributed by atoms with Gasteiger partial charge in [0.1, 0.15) is 11.6 Å². The maximum Gasteiger partial charge on any atom is 0.244 e. The molecule has 0 saturated carbocycles. The van der Waals surface area contributed by atoms with Crippen molar-refractivity contribution in [1.29, 1.82) is 0 Å². The van der Waals surface area contributed by atoms with Gasteiger partial charge in [0.2, 0.25) is 11.8 Å². The van der Waals surface area contributed by atoms with Crippen LogP contribution in [0, 0.1) is 13.8 Å². The van der Waals surface area contributed by atoms with Gasteiger partial charge in [0, 0.05) is 11.5 Å². The molecule has 7 nitrogen and oxygen atoms in total. The van der Waals surface area contributed by atoms with Crippen molar-refractivity contribution in [2.24, 2.45) is 0 Å². The molecule has 1 heterocycles. The number of anilines is 1. The predicted molar refractivity (Wildman–Crippen MR) is 130 cm³/mol. The predicted octanol–water partition coefficient (Wildman–Crippen LogP) is 4.09. The van der Waals surface area contributed by atoms with Crippen LogP contribution in [0.1, 0.15) is 43.2 Å². The van der Waals surface area contributed by atoms with Crippen molar-refractivity contribution < 1.29 is 14.3 Å². The number of aryl methyl sites for hydroxylation is 2. The second-order valence-corrected chi connectivity index (χ2v) is 9.22. The molecular formula is C26H32N4O3. The summed E-state index contributed by atoms with van der Waals surface area (Å²) in [5.41, 5.74) is 4.63. The largest absolute Gasteiger partial charge is 0.497 e. The summed E-state index contributed by atoms with van der Waals surface area (Å²) in [5, 5.41) is 10.4. The van der Waals surface area contributed by atoms with Gasteiger partial charge in [-0.05, 0) is 43.2 Å². The minimum absolute atomic E-state index is 0.127. The normalized spacial score (nSPS) is 11.2. The molecule has 3 rings (SSSR count). The van der Waals surface area contributed by atoms with Gasteiger partial charge in [-0.1, -0.05) is 50.6 Å². The first-order valence-electron chi connectivity index (χ1n) is 10.9. The maximum absolute atomic E-state index is 12.7. The van der Waals surface area contributed by atoms with E-state index in [9.17, 15) is 9.59 Å². The van der Waals surface area contributed by atoms with Crippen molar-refractivity contribution in [2.75, 3.05) is 19.0 Å². The summed E-state index contributed by atoms with van der Waals surface area (Å²) in [6.45, 7) is 10.2. The minimum Gasteiger partial charge on any atom is -0.497 e. The number of hydrogen-bond acceptors (Lipinski definition) is 4. The van der Waals surface area contributed by atoms with Gasteiger partial charge >= 0.3 is 0 Å². The topological polar surface area (TPSA) is 85.2 Å². The average molecular weight is 449 g/mol. The van der Waals surface area contributed by atoms with E-state index in [2.05, 4.69) is 37.5 Å². The summed E-state index contributed by atoms with van der Waals surface area (Å²) in [5.74, 6) is 0.757. The molecule has 2 amide bonds. The molecule has 0 unspecified atom stereocenters. The van der Waals surface area contributed by atoms with E-state index in [1.807, 2.05) is 44.2 Å². The lowest BCUT2D eigenvalue weighted by Gasteiger charge is -2.14. The average Bonchev–Trinajstić information content (AvgIpc) is 3.17. The molecule has 0 aliphatic rings. The van der Waals surface area contributed by atoms with Gasteiger partial charge in [-0.3, -0.25) is 9.59 Å². The molecule has 0 radical (unpaired) electrons. The zero-order valence-corrected chi connectivity index (χ0v) is 20.2. The Labute approximate surface area is 195 Å². The van der Waals surface area contributed by atoms with Crippen molar-refractivity contribution >= 4 is 17.6 Å². The highest BCUT2D eigenvalue weighted by atomic mass is 16.5. The van der Waals surface area contributed by atoms with Crippen LogP contribution in [0.15, 0.2) is 48.5 Å². The van der Waals surface area contributed by atoms with Crippen molar-refractivity contribution in [3.63, 3.8) is 0 Å². The Morgan fingerprint density at radius 1 is 1.00 bits per heavy atom. The lowest BCUT2D eigenvalue weighted by Crippen LogP contribution is -2.34. The molecule has 3 aromatic rings. The molecule has 174 valence electrons. The number of aromatic nitrogens is 2. The van der Waals surface area contributed by atoms with Crippen molar-refractivity contribution in [3.8, 4) is 11.4 Å². The van der Waals surface area contributed by atoms with Crippen LogP contribution in [0.2, 0.25) is 0 Å². The first-order valence-corrected chi connectivity index (χ1v) is 10.9.